The van der Waals surface area contributed by atoms with Crippen LogP contribution in [0.15, 0.2) is 40.9 Å². The Morgan fingerprint density at radius 1 is 1.33 bits per heavy atom. The van der Waals surface area contributed by atoms with Gasteiger partial charge in [0.1, 0.15) is 5.56 Å². The number of cyclic esters (lactones) is 1. The van der Waals surface area contributed by atoms with Crippen LogP contribution in [0.25, 0.3) is 0 Å². The molecule has 104 valence electrons. The number of fused-ring (bicyclic) bond motifs is 1. The number of ether oxygens (including phenoxy) is 1. The van der Waals surface area contributed by atoms with Crippen molar-refractivity contribution in [3.05, 3.63) is 69.7 Å². The van der Waals surface area contributed by atoms with Crippen molar-refractivity contribution in [2.45, 2.75) is 6.23 Å². The Morgan fingerprint density at radius 3 is 3.00 bits per heavy atom. The minimum absolute atomic E-state index is 0.326. The van der Waals surface area contributed by atoms with Gasteiger partial charge in [0.25, 0.3) is 5.91 Å². The fraction of sp³-hybridized carbons (Fsp3) is 0.0667. The number of hydrogen-bond donors (Lipinski definition) is 2. The van der Waals surface area contributed by atoms with E-state index in [4.69, 9.17) is 4.74 Å². The molecule has 3 rings (SSSR count). The maximum absolute atomic E-state index is 12.0. The highest BCUT2D eigenvalue weighted by atomic mass is 79.9. The minimum atomic E-state index is -0.727. The predicted molar refractivity (Wildman–Crippen MR) is 77.0 cm³/mol. The van der Waals surface area contributed by atoms with Gasteiger partial charge >= 0.3 is 5.97 Å². The molecule has 1 atom stereocenters. The third-order valence-corrected chi connectivity index (χ3v) is 3.44. The highest BCUT2D eigenvalue weighted by Crippen LogP contribution is 2.26. The van der Waals surface area contributed by atoms with Crippen molar-refractivity contribution >= 4 is 27.8 Å². The lowest BCUT2D eigenvalue weighted by molar-refractivity contribution is 0.0261. The Bertz CT molecular complexity index is 718. The number of hydrazine groups is 1. The summed E-state index contributed by atoms with van der Waals surface area (Å²) in [5.41, 5.74) is 6.64. The lowest BCUT2D eigenvalue weighted by Crippen LogP contribution is -2.40. The second kappa shape index (κ2) is 5.56. The number of halogens is 1. The van der Waals surface area contributed by atoms with E-state index >= 15 is 0 Å². The molecule has 0 unspecified atom stereocenters. The molecule has 0 saturated heterocycles. The molecule has 6 heteroatoms. The highest BCUT2D eigenvalue weighted by molar-refractivity contribution is 9.10. The van der Waals surface area contributed by atoms with Gasteiger partial charge in [-0.25, -0.2) is 4.79 Å². The standard InChI is InChI=1S/C15H9BrN2O3/c16-10-5-3-4-9(8-10)13(19)17-18-14-11-6-1-2-7-12(11)15(20)21-14/h1,3-6,8,14,18H,(H,17,19)/t14-/m1/s1. The molecule has 2 aromatic carbocycles. The van der Waals surface area contributed by atoms with Crippen LogP contribution in [0.3, 0.4) is 0 Å². The SMILES string of the molecule is O=C(NN[C@@H]1OC(=O)c2c#cccc21)c1cccc(Br)c1. The summed E-state index contributed by atoms with van der Waals surface area (Å²) >= 11 is 3.30. The molecule has 21 heavy (non-hydrogen) atoms. The topological polar surface area (TPSA) is 67.4 Å². The van der Waals surface area contributed by atoms with Crippen LogP contribution in [0.4, 0.5) is 0 Å². The normalized spacial score (nSPS) is 15.9. The van der Waals surface area contributed by atoms with Crippen molar-refractivity contribution < 1.29 is 14.3 Å². The number of carbonyl (C=O) groups is 2. The van der Waals surface area contributed by atoms with Gasteiger partial charge in [0.2, 0.25) is 0 Å². The van der Waals surface area contributed by atoms with E-state index in [1.165, 1.54) is 0 Å². The van der Waals surface area contributed by atoms with Crippen LogP contribution in [-0.2, 0) is 4.74 Å². The summed E-state index contributed by atoms with van der Waals surface area (Å²) in [6.07, 6.45) is -0.727. The quantitative estimate of drug-likeness (QED) is 0.661. The van der Waals surface area contributed by atoms with Gasteiger partial charge < -0.3 is 4.74 Å². The Hall–Kier alpha value is -2.36. The van der Waals surface area contributed by atoms with Crippen LogP contribution in [0.5, 0.6) is 0 Å². The fourth-order valence-electron chi connectivity index (χ4n) is 1.96. The van der Waals surface area contributed by atoms with Crippen molar-refractivity contribution in [2.75, 3.05) is 0 Å². The van der Waals surface area contributed by atoms with Gasteiger partial charge in [-0.3, -0.25) is 10.2 Å². The smallest absolute Gasteiger partial charge is 0.349 e. The molecule has 2 aromatic rings. The molecule has 0 radical (unpaired) electrons. The van der Waals surface area contributed by atoms with Crippen molar-refractivity contribution in [2.24, 2.45) is 0 Å². The first-order chi connectivity index (χ1) is 10.1. The van der Waals surface area contributed by atoms with Crippen LogP contribution in [-0.4, -0.2) is 11.9 Å². The van der Waals surface area contributed by atoms with Gasteiger partial charge in [-0.2, -0.15) is 5.43 Å². The van der Waals surface area contributed by atoms with Gasteiger partial charge in [-0.05, 0) is 30.3 Å². The van der Waals surface area contributed by atoms with Gasteiger partial charge in [-0.15, -0.1) is 0 Å². The van der Waals surface area contributed by atoms with Crippen LogP contribution in [0.1, 0.15) is 32.5 Å². The maximum atomic E-state index is 12.0. The van der Waals surface area contributed by atoms with Crippen LogP contribution in [0.2, 0.25) is 0 Å². The van der Waals surface area contributed by atoms with Crippen LogP contribution in [0, 0.1) is 12.1 Å². The fourth-order valence-corrected chi connectivity index (χ4v) is 2.36. The lowest BCUT2D eigenvalue weighted by atomic mass is 10.1. The molecule has 0 saturated carbocycles. The summed E-state index contributed by atoms with van der Waals surface area (Å²) in [4.78, 5) is 23.6. The molecule has 1 amide bonds. The summed E-state index contributed by atoms with van der Waals surface area (Å²) in [5, 5.41) is 0. The van der Waals surface area contributed by atoms with E-state index in [9.17, 15) is 9.59 Å². The van der Waals surface area contributed by atoms with Crippen LogP contribution >= 0.6 is 15.9 Å². The van der Waals surface area contributed by atoms with Gasteiger partial charge in [0.15, 0.2) is 6.23 Å². The molecular weight excluding hydrogens is 336 g/mol. The second-order valence-electron chi connectivity index (χ2n) is 4.33. The molecule has 5 nitrogen and oxygen atoms in total. The summed E-state index contributed by atoms with van der Waals surface area (Å²) in [6, 6.07) is 15.7. The molecular formula is C15H9BrN2O3. The molecule has 0 aliphatic carbocycles. The number of rotatable bonds is 3. The van der Waals surface area contributed by atoms with Crippen molar-refractivity contribution in [1.29, 1.82) is 0 Å². The van der Waals surface area contributed by atoms with E-state index in [1.807, 2.05) is 6.07 Å². The zero-order valence-corrected chi connectivity index (χ0v) is 12.2. The van der Waals surface area contributed by atoms with Crippen molar-refractivity contribution in [3.63, 3.8) is 0 Å². The van der Waals surface area contributed by atoms with E-state index < -0.39 is 12.2 Å². The molecule has 0 aromatic heterocycles. The van der Waals surface area contributed by atoms with Gasteiger partial charge in [-0.1, -0.05) is 34.1 Å². The van der Waals surface area contributed by atoms with E-state index in [1.54, 1.807) is 30.3 Å². The Morgan fingerprint density at radius 2 is 2.19 bits per heavy atom. The third-order valence-electron chi connectivity index (χ3n) is 2.95. The molecule has 2 N–H and O–H groups in total. The van der Waals surface area contributed by atoms with E-state index in [2.05, 4.69) is 38.9 Å². The third kappa shape index (κ3) is 2.75. The number of carbonyl (C=O) groups excluding carboxylic acids is 2. The van der Waals surface area contributed by atoms with E-state index in [0.29, 0.717) is 16.7 Å². The number of nitrogens with one attached hydrogen (secondary N) is 2. The van der Waals surface area contributed by atoms with E-state index in [-0.39, 0.29) is 5.91 Å². The zero-order valence-electron chi connectivity index (χ0n) is 10.6. The number of benzene rings is 1. The molecule has 1 aliphatic rings. The van der Waals surface area contributed by atoms with Gasteiger partial charge in [0.05, 0.1) is 0 Å². The monoisotopic (exact) mass is 344 g/mol. The second-order valence-corrected chi connectivity index (χ2v) is 5.24. The number of amides is 1. The van der Waals surface area contributed by atoms with Crippen molar-refractivity contribution in [3.8, 4) is 0 Å². The Balaban J connectivity index is 1.69. The first-order valence-corrected chi connectivity index (χ1v) is 6.89. The van der Waals surface area contributed by atoms with Crippen LogP contribution < -0.4 is 10.9 Å². The largest absolute Gasteiger partial charge is 0.436 e. The molecule has 0 bridgehead atoms. The molecule has 1 aliphatic heterocycles. The van der Waals surface area contributed by atoms with Crippen molar-refractivity contribution in [1.82, 2.24) is 10.9 Å². The first kappa shape index (κ1) is 13.6. The zero-order chi connectivity index (χ0) is 14.8. The van der Waals surface area contributed by atoms with Gasteiger partial charge in [0, 0.05) is 15.6 Å². The Kier molecular flexibility index (Phi) is 3.60. The summed E-state index contributed by atoms with van der Waals surface area (Å²) < 4.78 is 5.92. The average Bonchev–Trinajstić information content (AvgIpc) is 2.82. The summed E-state index contributed by atoms with van der Waals surface area (Å²) in [6.45, 7) is 0. The Labute approximate surface area is 129 Å². The highest BCUT2D eigenvalue weighted by Gasteiger charge is 2.31. The molecule has 1 heterocycles. The average molecular weight is 345 g/mol. The lowest BCUT2D eigenvalue weighted by Gasteiger charge is -2.13. The number of esters is 1. The molecule has 0 spiro atoms. The molecule has 0 fully saturated rings. The summed E-state index contributed by atoms with van der Waals surface area (Å²) in [5.74, 6) is -0.816. The van der Waals surface area contributed by atoms with E-state index in [0.717, 1.165) is 4.47 Å². The predicted octanol–water partition coefficient (Wildman–Crippen LogP) is 2.15. The minimum Gasteiger partial charge on any atom is -0.436 e. The maximum Gasteiger partial charge on any atom is 0.349 e. The summed E-state index contributed by atoms with van der Waals surface area (Å²) in [7, 11) is 0. The number of hydrogen-bond acceptors (Lipinski definition) is 4. The first-order valence-electron chi connectivity index (χ1n) is 6.10.